The summed E-state index contributed by atoms with van der Waals surface area (Å²) < 4.78 is 4.89. The van der Waals surface area contributed by atoms with E-state index in [1.807, 2.05) is 4.90 Å². The topological polar surface area (TPSA) is 44.8 Å². The van der Waals surface area contributed by atoms with Crippen LogP contribution in [0.3, 0.4) is 0 Å². The van der Waals surface area contributed by atoms with Crippen molar-refractivity contribution >= 4 is 6.03 Å². The molecule has 16 heavy (non-hydrogen) atoms. The van der Waals surface area contributed by atoms with Gasteiger partial charge < -0.3 is 15.0 Å². The van der Waals surface area contributed by atoms with Gasteiger partial charge in [0.1, 0.15) is 0 Å². The summed E-state index contributed by atoms with van der Waals surface area (Å²) >= 11 is 0. The first-order valence-corrected chi connectivity index (χ1v) is 6.07. The van der Waals surface area contributed by atoms with Gasteiger partial charge in [0.15, 0.2) is 0 Å². The number of rotatable bonds is 4. The molecule has 5 nitrogen and oxygen atoms in total. The normalized spacial score (nSPS) is 22.2. The summed E-state index contributed by atoms with van der Waals surface area (Å²) in [6.07, 6.45) is 2.69. The lowest BCUT2D eigenvalue weighted by Crippen LogP contribution is -2.52. The molecule has 2 aliphatic rings. The molecule has 0 aromatic rings. The van der Waals surface area contributed by atoms with Crippen LogP contribution >= 0.6 is 0 Å². The van der Waals surface area contributed by atoms with Crippen molar-refractivity contribution in [1.29, 1.82) is 0 Å². The quantitative estimate of drug-likeness (QED) is 0.694. The molecule has 2 amide bonds. The highest BCUT2D eigenvalue weighted by Gasteiger charge is 2.32. The lowest BCUT2D eigenvalue weighted by Gasteiger charge is -2.34. The lowest BCUT2D eigenvalue weighted by atomic mass is 10.3. The Bertz CT molecular complexity index is 235. The molecule has 92 valence electrons. The third kappa shape index (κ3) is 3.09. The molecule has 0 aromatic heterocycles. The van der Waals surface area contributed by atoms with Gasteiger partial charge in [0.2, 0.25) is 0 Å². The third-order valence-corrected chi connectivity index (χ3v) is 3.25. The van der Waals surface area contributed by atoms with Crippen molar-refractivity contribution in [1.82, 2.24) is 15.1 Å². The third-order valence-electron chi connectivity index (χ3n) is 3.25. The maximum atomic E-state index is 11.7. The summed E-state index contributed by atoms with van der Waals surface area (Å²) in [4.78, 5) is 16.1. The summed E-state index contributed by atoms with van der Waals surface area (Å²) in [5.41, 5.74) is 0. The Morgan fingerprint density at radius 1 is 1.31 bits per heavy atom. The molecule has 0 unspecified atom stereocenters. The number of nitrogens with zero attached hydrogens (tertiary/aromatic N) is 2. The summed E-state index contributed by atoms with van der Waals surface area (Å²) in [5.74, 6) is 0. The number of hydrogen-bond donors (Lipinski definition) is 1. The zero-order chi connectivity index (χ0) is 11.4. The first-order chi connectivity index (χ1) is 7.81. The highest BCUT2D eigenvalue weighted by molar-refractivity contribution is 5.74. The van der Waals surface area contributed by atoms with Gasteiger partial charge in [-0.15, -0.1) is 0 Å². The van der Waals surface area contributed by atoms with Gasteiger partial charge in [0, 0.05) is 45.9 Å². The Kier molecular flexibility index (Phi) is 4.01. The molecule has 0 spiro atoms. The monoisotopic (exact) mass is 227 g/mol. The number of ether oxygens (including phenoxy) is 1. The van der Waals surface area contributed by atoms with Crippen LogP contribution in [0.2, 0.25) is 0 Å². The van der Waals surface area contributed by atoms with E-state index in [0.29, 0.717) is 13.2 Å². The maximum absolute atomic E-state index is 11.7. The molecular weight excluding hydrogens is 206 g/mol. The maximum Gasteiger partial charge on any atom is 0.317 e. The first-order valence-electron chi connectivity index (χ1n) is 6.07. The fraction of sp³-hybridized carbons (Fsp3) is 0.909. The van der Waals surface area contributed by atoms with E-state index in [1.54, 1.807) is 7.11 Å². The van der Waals surface area contributed by atoms with Gasteiger partial charge >= 0.3 is 6.03 Å². The van der Waals surface area contributed by atoms with Crippen LogP contribution in [0.5, 0.6) is 0 Å². The number of carbonyl (C=O) groups is 1. The molecule has 1 N–H and O–H groups in total. The molecule has 0 atom stereocenters. The number of piperazine rings is 1. The van der Waals surface area contributed by atoms with Crippen LogP contribution in [0.4, 0.5) is 4.79 Å². The molecule has 0 bridgehead atoms. The van der Waals surface area contributed by atoms with Gasteiger partial charge in [0.05, 0.1) is 6.61 Å². The van der Waals surface area contributed by atoms with Crippen molar-refractivity contribution in [2.24, 2.45) is 0 Å². The Hall–Kier alpha value is -0.810. The molecule has 1 saturated heterocycles. The number of carbonyl (C=O) groups excluding carboxylic acids is 1. The number of urea groups is 1. The van der Waals surface area contributed by atoms with E-state index in [2.05, 4.69) is 10.2 Å². The predicted molar refractivity (Wildman–Crippen MR) is 61.4 cm³/mol. The van der Waals surface area contributed by atoms with Crippen LogP contribution in [0.15, 0.2) is 0 Å². The number of amides is 2. The van der Waals surface area contributed by atoms with Gasteiger partial charge in [-0.2, -0.15) is 0 Å². The summed E-state index contributed by atoms with van der Waals surface area (Å²) in [7, 11) is 1.64. The molecule has 0 aromatic carbocycles. The zero-order valence-electron chi connectivity index (χ0n) is 9.95. The van der Waals surface area contributed by atoms with Crippen molar-refractivity contribution in [3.8, 4) is 0 Å². The van der Waals surface area contributed by atoms with Crippen LogP contribution in [-0.2, 0) is 4.74 Å². The van der Waals surface area contributed by atoms with Crippen LogP contribution in [0.1, 0.15) is 12.8 Å². The van der Waals surface area contributed by atoms with E-state index < -0.39 is 0 Å². The number of nitrogens with one attached hydrogen (secondary N) is 1. The summed E-state index contributed by atoms with van der Waals surface area (Å²) in [6, 6.07) is 0.867. The largest absolute Gasteiger partial charge is 0.383 e. The smallest absolute Gasteiger partial charge is 0.317 e. The minimum Gasteiger partial charge on any atom is -0.383 e. The summed E-state index contributed by atoms with van der Waals surface area (Å²) in [5, 5.41) is 2.86. The Morgan fingerprint density at radius 2 is 2.00 bits per heavy atom. The standard InChI is InChI=1S/C11H21N3O2/c1-16-9-4-12-11(15)14-7-5-13(6-8-14)10-2-3-10/h10H,2-9H2,1H3,(H,12,15). The molecule has 1 aliphatic carbocycles. The van der Waals surface area contributed by atoms with E-state index in [-0.39, 0.29) is 6.03 Å². The average molecular weight is 227 g/mol. The number of methoxy groups -OCH3 is 1. The molecule has 2 rings (SSSR count). The first kappa shape index (κ1) is 11.7. The highest BCUT2D eigenvalue weighted by atomic mass is 16.5. The second kappa shape index (κ2) is 5.50. The summed E-state index contributed by atoms with van der Waals surface area (Å²) in [6.45, 7) is 4.95. The van der Waals surface area contributed by atoms with Crippen molar-refractivity contribution in [2.75, 3.05) is 46.4 Å². The minimum absolute atomic E-state index is 0.0486. The van der Waals surface area contributed by atoms with E-state index in [4.69, 9.17) is 4.74 Å². The van der Waals surface area contributed by atoms with E-state index in [1.165, 1.54) is 12.8 Å². The van der Waals surface area contributed by atoms with E-state index in [9.17, 15) is 4.79 Å². The van der Waals surface area contributed by atoms with Crippen LogP contribution < -0.4 is 5.32 Å². The second-order valence-electron chi connectivity index (χ2n) is 4.48. The lowest BCUT2D eigenvalue weighted by molar-refractivity contribution is 0.131. The van der Waals surface area contributed by atoms with Gasteiger partial charge in [0.25, 0.3) is 0 Å². The minimum atomic E-state index is 0.0486. The molecule has 1 heterocycles. The van der Waals surface area contributed by atoms with Gasteiger partial charge in [-0.05, 0) is 12.8 Å². The van der Waals surface area contributed by atoms with Crippen LogP contribution in [-0.4, -0.2) is 68.3 Å². The van der Waals surface area contributed by atoms with Gasteiger partial charge in [-0.1, -0.05) is 0 Å². The Morgan fingerprint density at radius 3 is 2.56 bits per heavy atom. The molecule has 1 saturated carbocycles. The second-order valence-corrected chi connectivity index (χ2v) is 4.48. The van der Waals surface area contributed by atoms with Crippen molar-refractivity contribution in [3.05, 3.63) is 0 Å². The molecule has 2 fully saturated rings. The fourth-order valence-electron chi connectivity index (χ4n) is 2.10. The predicted octanol–water partition coefficient (Wildman–Crippen LogP) is 0.122. The van der Waals surface area contributed by atoms with Crippen LogP contribution in [0.25, 0.3) is 0 Å². The van der Waals surface area contributed by atoms with Crippen molar-refractivity contribution < 1.29 is 9.53 Å². The average Bonchev–Trinajstić information content (AvgIpc) is 3.13. The number of hydrogen-bond acceptors (Lipinski definition) is 3. The highest BCUT2D eigenvalue weighted by Crippen LogP contribution is 2.27. The van der Waals surface area contributed by atoms with Gasteiger partial charge in [-0.25, -0.2) is 4.79 Å². The van der Waals surface area contributed by atoms with Crippen molar-refractivity contribution in [3.63, 3.8) is 0 Å². The Labute approximate surface area is 96.7 Å². The Balaban J connectivity index is 1.64. The molecular formula is C11H21N3O2. The molecule has 5 heteroatoms. The van der Waals surface area contributed by atoms with Crippen molar-refractivity contribution in [2.45, 2.75) is 18.9 Å². The van der Waals surface area contributed by atoms with E-state index >= 15 is 0 Å². The molecule has 0 radical (unpaired) electrons. The van der Waals surface area contributed by atoms with E-state index in [0.717, 1.165) is 32.2 Å². The zero-order valence-corrected chi connectivity index (χ0v) is 9.95. The van der Waals surface area contributed by atoms with Gasteiger partial charge in [-0.3, -0.25) is 4.90 Å². The van der Waals surface area contributed by atoms with Crippen LogP contribution in [0, 0.1) is 0 Å². The SMILES string of the molecule is COCCNC(=O)N1CCN(C2CC2)CC1. The fourth-order valence-corrected chi connectivity index (χ4v) is 2.10. The molecule has 1 aliphatic heterocycles.